The van der Waals surface area contributed by atoms with Gasteiger partial charge in [-0.2, -0.15) is 5.10 Å². The molecule has 0 heterocycles. The van der Waals surface area contributed by atoms with E-state index in [0.717, 1.165) is 41.9 Å². The number of carbonyl (C=O) groups excluding carboxylic acids is 1. The fourth-order valence-corrected chi connectivity index (χ4v) is 2.77. The number of allylic oxidation sites excluding steroid dienone is 2. The predicted octanol–water partition coefficient (Wildman–Crippen LogP) is 4.45. The van der Waals surface area contributed by atoms with E-state index in [2.05, 4.69) is 23.5 Å². The highest BCUT2D eigenvalue weighted by Crippen LogP contribution is 2.21. The molecule has 0 atom stereocenters. The summed E-state index contributed by atoms with van der Waals surface area (Å²) < 4.78 is 5.60. The molecule has 24 heavy (non-hydrogen) atoms. The van der Waals surface area contributed by atoms with E-state index in [-0.39, 0.29) is 12.5 Å². The first-order chi connectivity index (χ1) is 11.6. The first-order valence-electron chi connectivity index (χ1n) is 8.85. The average molecular weight is 328 g/mol. The summed E-state index contributed by atoms with van der Waals surface area (Å²) in [5.74, 6) is 0.530. The van der Waals surface area contributed by atoms with Crippen LogP contribution in [0.5, 0.6) is 5.75 Å². The third-order valence-electron chi connectivity index (χ3n) is 4.21. The van der Waals surface area contributed by atoms with E-state index in [4.69, 9.17) is 4.74 Å². The first kappa shape index (κ1) is 18.2. The molecule has 1 aromatic carbocycles. The van der Waals surface area contributed by atoms with E-state index >= 15 is 0 Å². The van der Waals surface area contributed by atoms with Crippen LogP contribution in [0.3, 0.4) is 0 Å². The van der Waals surface area contributed by atoms with Gasteiger partial charge >= 0.3 is 0 Å². The maximum absolute atomic E-state index is 12.0. The summed E-state index contributed by atoms with van der Waals surface area (Å²) >= 11 is 0. The van der Waals surface area contributed by atoms with Crippen molar-refractivity contribution in [3.05, 3.63) is 41.0 Å². The van der Waals surface area contributed by atoms with Crippen LogP contribution in [-0.4, -0.2) is 18.2 Å². The molecule has 1 aromatic rings. The molecule has 130 valence electrons. The Morgan fingerprint density at radius 2 is 2.12 bits per heavy atom. The minimum Gasteiger partial charge on any atom is -0.483 e. The fourth-order valence-electron chi connectivity index (χ4n) is 2.77. The number of aryl methyl sites for hydroxylation is 2. The highest BCUT2D eigenvalue weighted by molar-refractivity contribution is 6.02. The van der Waals surface area contributed by atoms with Gasteiger partial charge in [-0.15, -0.1) is 0 Å². The van der Waals surface area contributed by atoms with Crippen molar-refractivity contribution in [2.24, 2.45) is 5.10 Å². The largest absolute Gasteiger partial charge is 0.483 e. The van der Waals surface area contributed by atoms with E-state index in [1.807, 2.05) is 32.0 Å². The lowest BCUT2D eigenvalue weighted by Gasteiger charge is -2.09. The summed E-state index contributed by atoms with van der Waals surface area (Å²) in [4.78, 5) is 12.0. The van der Waals surface area contributed by atoms with Crippen LogP contribution in [-0.2, 0) is 4.79 Å². The summed E-state index contributed by atoms with van der Waals surface area (Å²) in [6.45, 7) is 6.16. The van der Waals surface area contributed by atoms with Gasteiger partial charge in [0.1, 0.15) is 5.75 Å². The molecule has 0 aromatic heterocycles. The Morgan fingerprint density at radius 3 is 2.92 bits per heavy atom. The number of hydrogen-bond donors (Lipinski definition) is 1. The second-order valence-corrected chi connectivity index (χ2v) is 6.38. The Bertz CT molecular complexity index is 633. The number of hydrazone groups is 1. The van der Waals surface area contributed by atoms with Gasteiger partial charge in [-0.25, -0.2) is 5.43 Å². The number of rotatable bonds is 8. The van der Waals surface area contributed by atoms with Crippen LogP contribution in [0.25, 0.3) is 0 Å². The third-order valence-corrected chi connectivity index (χ3v) is 4.21. The van der Waals surface area contributed by atoms with E-state index in [9.17, 15) is 4.79 Å². The van der Waals surface area contributed by atoms with Gasteiger partial charge in [-0.1, -0.05) is 38.0 Å². The molecular formula is C20H28N2O2. The molecule has 0 unspecified atom stereocenters. The van der Waals surface area contributed by atoms with Gasteiger partial charge in [0.15, 0.2) is 6.61 Å². The van der Waals surface area contributed by atoms with Crippen LogP contribution >= 0.6 is 0 Å². The molecule has 0 bridgehead atoms. The van der Waals surface area contributed by atoms with Crippen molar-refractivity contribution >= 4 is 11.6 Å². The van der Waals surface area contributed by atoms with Crippen molar-refractivity contribution in [1.29, 1.82) is 0 Å². The summed E-state index contributed by atoms with van der Waals surface area (Å²) in [6.07, 6.45) is 8.88. The maximum Gasteiger partial charge on any atom is 0.277 e. The van der Waals surface area contributed by atoms with Gasteiger partial charge in [-0.05, 0) is 62.3 Å². The van der Waals surface area contributed by atoms with Crippen LogP contribution in [0.1, 0.15) is 56.6 Å². The zero-order valence-corrected chi connectivity index (χ0v) is 15.0. The van der Waals surface area contributed by atoms with Gasteiger partial charge in [0.05, 0.1) is 5.71 Å². The Kier molecular flexibility index (Phi) is 7.04. The smallest absolute Gasteiger partial charge is 0.277 e. The molecule has 0 saturated heterocycles. The number of nitrogens with zero attached hydrogens (tertiary/aromatic N) is 1. The molecule has 0 saturated carbocycles. The van der Waals surface area contributed by atoms with Crippen LogP contribution < -0.4 is 10.2 Å². The van der Waals surface area contributed by atoms with Crippen molar-refractivity contribution in [2.75, 3.05) is 6.61 Å². The lowest BCUT2D eigenvalue weighted by Crippen LogP contribution is -2.26. The molecule has 0 radical (unpaired) electrons. The lowest BCUT2D eigenvalue weighted by molar-refractivity contribution is -0.123. The summed E-state index contributed by atoms with van der Waals surface area (Å²) in [6, 6.07) is 5.97. The number of benzene rings is 1. The molecular weight excluding hydrogens is 300 g/mol. The Balaban J connectivity index is 1.82. The number of carbonyl (C=O) groups is 1. The number of unbranched alkanes of at least 4 members (excludes halogenated alkanes) is 2. The van der Waals surface area contributed by atoms with E-state index in [1.54, 1.807) is 0 Å². The quantitative estimate of drug-likeness (QED) is 0.566. The van der Waals surface area contributed by atoms with Gasteiger partial charge in [-0.3, -0.25) is 4.79 Å². The van der Waals surface area contributed by atoms with Crippen LogP contribution in [0, 0.1) is 13.8 Å². The number of ether oxygens (including phenoxy) is 1. The fraction of sp³-hybridized carbons (Fsp3) is 0.500. The minimum atomic E-state index is -0.219. The second-order valence-electron chi connectivity index (χ2n) is 6.38. The summed E-state index contributed by atoms with van der Waals surface area (Å²) in [5, 5.41) is 4.30. The van der Waals surface area contributed by atoms with Crippen molar-refractivity contribution in [1.82, 2.24) is 5.43 Å². The summed E-state index contributed by atoms with van der Waals surface area (Å²) in [7, 11) is 0. The molecule has 0 aliphatic heterocycles. The molecule has 1 N–H and O–H groups in total. The maximum atomic E-state index is 12.0. The van der Waals surface area contributed by atoms with Crippen molar-refractivity contribution in [3.8, 4) is 5.75 Å². The van der Waals surface area contributed by atoms with Gasteiger partial charge in [0.25, 0.3) is 5.91 Å². The second kappa shape index (κ2) is 9.26. The SMILES string of the molecule is CCCCCC1=CCC/C1=N/NC(=O)COc1cc(C)ccc1C. The van der Waals surface area contributed by atoms with E-state index < -0.39 is 0 Å². The zero-order chi connectivity index (χ0) is 17.4. The monoisotopic (exact) mass is 328 g/mol. The molecule has 4 nitrogen and oxygen atoms in total. The van der Waals surface area contributed by atoms with Crippen molar-refractivity contribution < 1.29 is 9.53 Å². The Morgan fingerprint density at radius 1 is 1.29 bits per heavy atom. The van der Waals surface area contributed by atoms with Gasteiger partial charge in [0, 0.05) is 0 Å². The highest BCUT2D eigenvalue weighted by Gasteiger charge is 2.13. The Hall–Kier alpha value is -2.10. The minimum absolute atomic E-state index is 0.0179. The van der Waals surface area contributed by atoms with Crippen molar-refractivity contribution in [3.63, 3.8) is 0 Å². The number of amides is 1. The van der Waals surface area contributed by atoms with Crippen molar-refractivity contribution in [2.45, 2.75) is 59.3 Å². The standard InChI is InChI=1S/C20H28N2O2/c1-4-5-6-8-17-9-7-10-18(17)21-22-20(23)14-24-19-13-15(2)11-12-16(19)3/h9,11-13H,4-8,10,14H2,1-3H3,(H,22,23)/b21-18-. The number of hydrogen-bond acceptors (Lipinski definition) is 3. The molecule has 1 aliphatic rings. The van der Waals surface area contributed by atoms with E-state index in [1.165, 1.54) is 24.8 Å². The lowest BCUT2D eigenvalue weighted by atomic mass is 10.1. The van der Waals surface area contributed by atoms with Crippen LogP contribution in [0.2, 0.25) is 0 Å². The third kappa shape index (κ3) is 5.52. The molecule has 1 amide bonds. The molecule has 4 heteroatoms. The molecule has 0 spiro atoms. The number of nitrogens with one attached hydrogen (secondary N) is 1. The molecule has 0 fully saturated rings. The normalized spacial score (nSPS) is 15.5. The predicted molar refractivity (Wildman–Crippen MR) is 98.4 cm³/mol. The molecule has 2 rings (SSSR count). The Labute approximate surface area is 145 Å². The topological polar surface area (TPSA) is 50.7 Å². The average Bonchev–Trinajstić information content (AvgIpc) is 3.01. The van der Waals surface area contributed by atoms with Gasteiger partial charge < -0.3 is 4.74 Å². The highest BCUT2D eigenvalue weighted by atomic mass is 16.5. The first-order valence-corrected chi connectivity index (χ1v) is 8.85. The van der Waals surface area contributed by atoms with Gasteiger partial charge in [0.2, 0.25) is 0 Å². The summed E-state index contributed by atoms with van der Waals surface area (Å²) in [5.41, 5.74) is 7.08. The van der Waals surface area contributed by atoms with Crippen LogP contribution in [0.4, 0.5) is 0 Å². The van der Waals surface area contributed by atoms with Crippen LogP contribution in [0.15, 0.2) is 34.9 Å². The zero-order valence-electron chi connectivity index (χ0n) is 15.0. The molecule has 1 aliphatic carbocycles. The van der Waals surface area contributed by atoms with E-state index in [0.29, 0.717) is 0 Å².